The van der Waals surface area contributed by atoms with E-state index in [1.807, 2.05) is 6.07 Å². The van der Waals surface area contributed by atoms with E-state index in [4.69, 9.17) is 10.5 Å². The first kappa shape index (κ1) is 9.60. The van der Waals surface area contributed by atoms with Crippen LogP contribution in [0.25, 0.3) is 5.69 Å². The quantitative estimate of drug-likeness (QED) is 0.770. The van der Waals surface area contributed by atoms with Crippen LogP contribution in [0.3, 0.4) is 0 Å². The van der Waals surface area contributed by atoms with Crippen molar-refractivity contribution in [3.05, 3.63) is 30.6 Å². The Kier molecular flexibility index (Phi) is 2.59. The maximum absolute atomic E-state index is 5.53. The van der Waals surface area contributed by atoms with Gasteiger partial charge in [-0.2, -0.15) is 5.10 Å². The maximum atomic E-state index is 5.53. The first-order valence-electron chi connectivity index (χ1n) is 4.43. The Morgan fingerprint density at radius 3 is 3.07 bits per heavy atom. The molecule has 2 aromatic rings. The molecule has 0 spiro atoms. The van der Waals surface area contributed by atoms with Gasteiger partial charge in [-0.25, -0.2) is 9.67 Å². The second kappa shape index (κ2) is 4.05. The van der Waals surface area contributed by atoms with Crippen molar-refractivity contribution < 1.29 is 4.74 Å². The molecule has 0 fully saturated rings. The van der Waals surface area contributed by atoms with Crippen LogP contribution in [0, 0.1) is 0 Å². The van der Waals surface area contributed by atoms with Gasteiger partial charge in [0.1, 0.15) is 17.9 Å². The molecule has 6 nitrogen and oxygen atoms in total. The van der Waals surface area contributed by atoms with Gasteiger partial charge in [0.2, 0.25) is 0 Å². The standard InChI is InChI=1S/C9H11N5O/c1-15-8-2-7(4-11-5-8)14-9(3-10)12-6-13-14/h2,4-6H,3,10H2,1H3. The van der Waals surface area contributed by atoms with Crippen molar-refractivity contribution in [2.24, 2.45) is 5.73 Å². The van der Waals surface area contributed by atoms with Gasteiger partial charge in [0.05, 0.1) is 31.7 Å². The molecule has 0 aliphatic carbocycles. The summed E-state index contributed by atoms with van der Waals surface area (Å²) in [5, 5.41) is 4.06. The van der Waals surface area contributed by atoms with Crippen molar-refractivity contribution in [3.8, 4) is 11.4 Å². The molecule has 0 aliphatic heterocycles. The largest absolute Gasteiger partial charge is 0.495 e. The molecule has 0 aromatic carbocycles. The van der Waals surface area contributed by atoms with Crippen LogP contribution in [0.5, 0.6) is 5.75 Å². The van der Waals surface area contributed by atoms with E-state index in [-0.39, 0.29) is 0 Å². The van der Waals surface area contributed by atoms with Crippen molar-refractivity contribution in [1.82, 2.24) is 19.7 Å². The highest BCUT2D eigenvalue weighted by Gasteiger charge is 2.05. The van der Waals surface area contributed by atoms with Crippen molar-refractivity contribution in [2.75, 3.05) is 7.11 Å². The fourth-order valence-electron chi connectivity index (χ4n) is 1.26. The molecule has 78 valence electrons. The lowest BCUT2D eigenvalue weighted by molar-refractivity contribution is 0.412. The highest BCUT2D eigenvalue weighted by molar-refractivity contribution is 5.35. The molecule has 2 N–H and O–H groups in total. The Bertz CT molecular complexity index is 453. The zero-order valence-corrected chi connectivity index (χ0v) is 8.29. The average Bonchev–Trinajstić information content (AvgIpc) is 2.77. The normalized spacial score (nSPS) is 10.3. The number of rotatable bonds is 3. The van der Waals surface area contributed by atoms with Gasteiger partial charge in [-0.3, -0.25) is 4.98 Å². The van der Waals surface area contributed by atoms with Crippen LogP contribution in [-0.2, 0) is 6.54 Å². The number of aromatic nitrogens is 4. The fraction of sp³-hybridized carbons (Fsp3) is 0.222. The number of nitrogens with zero attached hydrogens (tertiary/aromatic N) is 4. The minimum atomic E-state index is 0.331. The van der Waals surface area contributed by atoms with Crippen LogP contribution in [0.4, 0.5) is 0 Å². The van der Waals surface area contributed by atoms with E-state index in [0.717, 1.165) is 5.69 Å². The zero-order chi connectivity index (χ0) is 10.7. The van der Waals surface area contributed by atoms with Crippen molar-refractivity contribution in [3.63, 3.8) is 0 Å². The molecule has 0 radical (unpaired) electrons. The number of ether oxygens (including phenoxy) is 1. The highest BCUT2D eigenvalue weighted by Crippen LogP contribution is 2.14. The van der Waals surface area contributed by atoms with Crippen LogP contribution in [0.15, 0.2) is 24.8 Å². The molecule has 2 heterocycles. The lowest BCUT2D eigenvalue weighted by atomic mass is 10.4. The third kappa shape index (κ3) is 1.79. The van der Waals surface area contributed by atoms with Gasteiger partial charge in [0.15, 0.2) is 0 Å². The van der Waals surface area contributed by atoms with E-state index in [9.17, 15) is 0 Å². The summed E-state index contributed by atoms with van der Waals surface area (Å²) in [6.07, 6.45) is 4.76. The van der Waals surface area contributed by atoms with Gasteiger partial charge in [-0.1, -0.05) is 0 Å². The average molecular weight is 205 g/mol. The minimum absolute atomic E-state index is 0.331. The van der Waals surface area contributed by atoms with E-state index < -0.39 is 0 Å². The maximum Gasteiger partial charge on any atom is 0.146 e. The number of methoxy groups -OCH3 is 1. The van der Waals surface area contributed by atoms with Crippen LogP contribution in [-0.4, -0.2) is 26.9 Å². The van der Waals surface area contributed by atoms with E-state index in [0.29, 0.717) is 18.1 Å². The molecule has 2 aromatic heterocycles. The molecule has 0 aliphatic rings. The number of hydrogen-bond acceptors (Lipinski definition) is 5. The van der Waals surface area contributed by atoms with Gasteiger partial charge in [-0.05, 0) is 0 Å². The van der Waals surface area contributed by atoms with E-state index >= 15 is 0 Å². The molecule has 0 atom stereocenters. The predicted octanol–water partition coefficient (Wildman–Crippen LogP) is 0.130. The smallest absolute Gasteiger partial charge is 0.146 e. The van der Waals surface area contributed by atoms with Crippen molar-refractivity contribution in [1.29, 1.82) is 0 Å². The molecule has 0 saturated heterocycles. The summed E-state index contributed by atoms with van der Waals surface area (Å²) < 4.78 is 6.71. The first-order chi connectivity index (χ1) is 7.35. The molecular formula is C9H11N5O. The summed E-state index contributed by atoms with van der Waals surface area (Å²) in [6.45, 7) is 0.331. The third-order valence-corrected chi connectivity index (χ3v) is 1.98. The topological polar surface area (TPSA) is 78.8 Å². The van der Waals surface area contributed by atoms with E-state index in [1.165, 1.54) is 6.33 Å². The Morgan fingerprint density at radius 1 is 1.47 bits per heavy atom. The van der Waals surface area contributed by atoms with Crippen LogP contribution in [0.1, 0.15) is 5.82 Å². The Morgan fingerprint density at radius 2 is 2.33 bits per heavy atom. The second-order valence-corrected chi connectivity index (χ2v) is 2.88. The molecule has 6 heteroatoms. The summed E-state index contributed by atoms with van der Waals surface area (Å²) >= 11 is 0. The molecule has 0 unspecified atom stereocenters. The van der Waals surface area contributed by atoms with Gasteiger partial charge < -0.3 is 10.5 Å². The summed E-state index contributed by atoms with van der Waals surface area (Å²) in [7, 11) is 1.59. The van der Waals surface area contributed by atoms with Crippen LogP contribution >= 0.6 is 0 Å². The monoisotopic (exact) mass is 205 g/mol. The second-order valence-electron chi connectivity index (χ2n) is 2.88. The van der Waals surface area contributed by atoms with Gasteiger partial charge in [0, 0.05) is 6.07 Å². The molecule has 0 saturated carbocycles. The Balaban J connectivity index is 2.44. The van der Waals surface area contributed by atoms with Crippen LogP contribution in [0.2, 0.25) is 0 Å². The van der Waals surface area contributed by atoms with Gasteiger partial charge in [-0.15, -0.1) is 0 Å². The molecule has 15 heavy (non-hydrogen) atoms. The number of hydrogen-bond donors (Lipinski definition) is 1. The number of nitrogens with two attached hydrogens (primary N) is 1. The summed E-state index contributed by atoms with van der Waals surface area (Å²) in [5.41, 5.74) is 6.31. The first-order valence-corrected chi connectivity index (χ1v) is 4.43. The molecule has 0 bridgehead atoms. The predicted molar refractivity (Wildman–Crippen MR) is 53.6 cm³/mol. The SMILES string of the molecule is COc1cncc(-n2ncnc2CN)c1. The van der Waals surface area contributed by atoms with Crippen molar-refractivity contribution >= 4 is 0 Å². The lowest BCUT2D eigenvalue weighted by Crippen LogP contribution is -2.08. The third-order valence-electron chi connectivity index (χ3n) is 1.98. The van der Waals surface area contributed by atoms with E-state index in [2.05, 4.69) is 15.1 Å². The molecule has 2 rings (SSSR count). The fourth-order valence-corrected chi connectivity index (χ4v) is 1.26. The van der Waals surface area contributed by atoms with Gasteiger partial charge in [0.25, 0.3) is 0 Å². The Labute approximate surface area is 86.7 Å². The van der Waals surface area contributed by atoms with Crippen LogP contribution < -0.4 is 10.5 Å². The van der Waals surface area contributed by atoms with E-state index in [1.54, 1.807) is 24.2 Å². The summed E-state index contributed by atoms with van der Waals surface area (Å²) in [4.78, 5) is 8.06. The lowest BCUT2D eigenvalue weighted by Gasteiger charge is -2.05. The minimum Gasteiger partial charge on any atom is -0.495 e. The highest BCUT2D eigenvalue weighted by atomic mass is 16.5. The Hall–Kier alpha value is -1.95. The number of pyridine rings is 1. The summed E-state index contributed by atoms with van der Waals surface area (Å²) in [6, 6.07) is 1.82. The molecular weight excluding hydrogens is 194 g/mol. The summed E-state index contributed by atoms with van der Waals surface area (Å²) in [5.74, 6) is 1.36. The van der Waals surface area contributed by atoms with Crippen molar-refractivity contribution in [2.45, 2.75) is 6.54 Å². The van der Waals surface area contributed by atoms with Gasteiger partial charge >= 0.3 is 0 Å². The molecule has 0 amide bonds. The zero-order valence-electron chi connectivity index (χ0n) is 8.29.